The van der Waals surface area contributed by atoms with E-state index in [1.807, 2.05) is 18.3 Å². The Morgan fingerprint density at radius 3 is 2.59 bits per heavy atom. The highest BCUT2D eigenvalue weighted by Gasteiger charge is 2.48. The van der Waals surface area contributed by atoms with Gasteiger partial charge in [0, 0.05) is 55.5 Å². The van der Waals surface area contributed by atoms with Crippen LogP contribution in [0.15, 0.2) is 48.7 Å². The molecule has 1 spiro atoms. The van der Waals surface area contributed by atoms with E-state index < -0.39 is 9.84 Å². The van der Waals surface area contributed by atoms with Crippen molar-refractivity contribution in [2.75, 3.05) is 37.4 Å². The second kappa shape index (κ2) is 9.59. The topological polar surface area (TPSA) is 71.5 Å². The molecule has 2 aromatic rings. The van der Waals surface area contributed by atoms with E-state index in [-0.39, 0.29) is 16.3 Å². The molecule has 2 aliphatic heterocycles. The third-order valence-electron chi connectivity index (χ3n) is 8.25. The quantitative estimate of drug-likeness (QED) is 0.575. The molecule has 1 aromatic carbocycles. The predicted octanol–water partition coefficient (Wildman–Crippen LogP) is 3.86. The summed E-state index contributed by atoms with van der Waals surface area (Å²) in [5.74, 6) is 0. The molecule has 7 heteroatoms. The van der Waals surface area contributed by atoms with Gasteiger partial charge >= 0.3 is 0 Å². The fraction of sp³-hybridized carbons (Fsp3) is 0.593. The number of anilines is 1. The van der Waals surface area contributed by atoms with E-state index in [1.54, 1.807) is 0 Å². The lowest BCUT2D eigenvalue weighted by Crippen LogP contribution is -2.54. The minimum Gasteiger partial charge on any atom is -0.375 e. The van der Waals surface area contributed by atoms with Gasteiger partial charge in [0.05, 0.1) is 10.9 Å². The van der Waals surface area contributed by atoms with Crippen molar-refractivity contribution in [1.82, 2.24) is 10.3 Å². The molecule has 1 atom stereocenters. The maximum Gasteiger partial charge on any atom is 0.153 e. The van der Waals surface area contributed by atoms with E-state index in [9.17, 15) is 8.42 Å². The molecular weight excluding hydrogens is 446 g/mol. The lowest BCUT2D eigenvalue weighted by molar-refractivity contribution is -0.104. The zero-order valence-corrected chi connectivity index (χ0v) is 21.0. The van der Waals surface area contributed by atoms with Gasteiger partial charge in [-0.1, -0.05) is 37.1 Å². The van der Waals surface area contributed by atoms with Crippen LogP contribution in [0, 0.1) is 0 Å². The second-order valence-corrected chi connectivity index (χ2v) is 12.9. The van der Waals surface area contributed by atoms with Crippen LogP contribution in [-0.4, -0.2) is 56.7 Å². The van der Waals surface area contributed by atoms with Crippen molar-refractivity contribution in [3.63, 3.8) is 0 Å². The lowest BCUT2D eigenvalue weighted by atomic mass is 9.68. The summed E-state index contributed by atoms with van der Waals surface area (Å²) in [6.07, 6.45) is 11.3. The summed E-state index contributed by atoms with van der Waals surface area (Å²) in [6, 6.07) is 14.7. The standard InChI is InChI=1S/C27H37N3O3S/c1-34(31,32)23-19-30(20-23)24-9-3-2-8-22(24)18-28-16-13-26(25-10-4-7-15-29-25)14-17-33-27(21-26)11-5-6-12-27/h2-4,7-10,15,23,28H,5-6,11-14,16-21H2,1H3/t26-/m1/s1. The Morgan fingerprint density at radius 2 is 1.85 bits per heavy atom. The number of benzene rings is 1. The molecule has 3 fully saturated rings. The smallest absolute Gasteiger partial charge is 0.153 e. The molecule has 1 saturated carbocycles. The molecule has 0 radical (unpaired) electrons. The Labute approximate surface area is 204 Å². The van der Waals surface area contributed by atoms with Crippen LogP contribution in [0.2, 0.25) is 0 Å². The Bertz CT molecular complexity index is 1080. The van der Waals surface area contributed by atoms with E-state index in [2.05, 4.69) is 40.5 Å². The van der Waals surface area contributed by atoms with Gasteiger partial charge in [-0.15, -0.1) is 0 Å². The van der Waals surface area contributed by atoms with E-state index in [0.717, 1.165) is 44.6 Å². The summed E-state index contributed by atoms with van der Waals surface area (Å²) in [7, 11) is -2.97. The molecule has 5 rings (SSSR count). The fourth-order valence-corrected chi connectivity index (χ4v) is 7.12. The van der Waals surface area contributed by atoms with E-state index in [4.69, 9.17) is 9.72 Å². The van der Waals surface area contributed by atoms with Crippen LogP contribution >= 0.6 is 0 Å². The first-order valence-electron chi connectivity index (χ1n) is 12.7. The minimum absolute atomic E-state index is 0.0377. The van der Waals surface area contributed by atoms with Gasteiger partial charge in [-0.3, -0.25) is 4.98 Å². The number of nitrogens with zero attached hydrogens (tertiary/aromatic N) is 2. The predicted molar refractivity (Wildman–Crippen MR) is 136 cm³/mol. The third kappa shape index (κ3) is 4.88. The Morgan fingerprint density at radius 1 is 1.09 bits per heavy atom. The number of hydrogen-bond acceptors (Lipinski definition) is 6. The van der Waals surface area contributed by atoms with Gasteiger partial charge in [0.1, 0.15) is 0 Å². The zero-order valence-electron chi connectivity index (χ0n) is 20.2. The molecule has 0 bridgehead atoms. The van der Waals surface area contributed by atoms with Gasteiger partial charge in [0.15, 0.2) is 9.84 Å². The largest absolute Gasteiger partial charge is 0.375 e. The highest BCUT2D eigenvalue weighted by atomic mass is 32.2. The Balaban J connectivity index is 1.24. The molecular formula is C27H37N3O3S. The maximum atomic E-state index is 11.8. The van der Waals surface area contributed by atoms with Crippen molar-refractivity contribution in [2.24, 2.45) is 0 Å². The van der Waals surface area contributed by atoms with Gasteiger partial charge in [-0.25, -0.2) is 8.42 Å². The van der Waals surface area contributed by atoms with Crippen LogP contribution in [-0.2, 0) is 26.5 Å². The average molecular weight is 484 g/mol. The first-order chi connectivity index (χ1) is 16.4. The van der Waals surface area contributed by atoms with E-state index in [0.29, 0.717) is 13.1 Å². The first kappa shape index (κ1) is 23.8. The Kier molecular flexibility index (Phi) is 6.70. The zero-order chi connectivity index (χ0) is 23.7. The third-order valence-corrected chi connectivity index (χ3v) is 9.76. The molecule has 1 aromatic heterocycles. The van der Waals surface area contributed by atoms with Crippen LogP contribution in [0.25, 0.3) is 0 Å². The molecule has 1 N–H and O–H groups in total. The van der Waals surface area contributed by atoms with E-state index >= 15 is 0 Å². The molecule has 3 aliphatic rings. The number of aromatic nitrogens is 1. The van der Waals surface area contributed by atoms with Gasteiger partial charge < -0.3 is 15.0 Å². The monoisotopic (exact) mass is 483 g/mol. The van der Waals surface area contributed by atoms with Crippen LogP contribution in [0.5, 0.6) is 0 Å². The maximum absolute atomic E-state index is 11.8. The molecule has 1 aliphatic carbocycles. The molecule has 6 nitrogen and oxygen atoms in total. The molecule has 2 saturated heterocycles. The summed E-state index contributed by atoms with van der Waals surface area (Å²) in [5, 5.41) is 3.45. The second-order valence-electron chi connectivity index (χ2n) is 10.6. The molecule has 0 unspecified atom stereocenters. The summed E-state index contributed by atoms with van der Waals surface area (Å²) in [5.41, 5.74) is 3.66. The summed E-state index contributed by atoms with van der Waals surface area (Å²) in [6.45, 7) is 3.67. The van der Waals surface area contributed by atoms with Crippen molar-refractivity contribution in [2.45, 2.75) is 67.8 Å². The summed E-state index contributed by atoms with van der Waals surface area (Å²) >= 11 is 0. The summed E-state index contributed by atoms with van der Waals surface area (Å²) in [4.78, 5) is 6.99. The van der Waals surface area contributed by atoms with Crippen LogP contribution in [0.1, 0.15) is 56.2 Å². The molecule has 3 heterocycles. The van der Waals surface area contributed by atoms with Crippen molar-refractivity contribution in [3.05, 3.63) is 59.9 Å². The minimum atomic E-state index is -2.97. The van der Waals surface area contributed by atoms with Gasteiger partial charge in [-0.05, 0) is 62.4 Å². The van der Waals surface area contributed by atoms with Gasteiger partial charge in [0.25, 0.3) is 0 Å². The molecule has 184 valence electrons. The number of pyridine rings is 1. The van der Waals surface area contributed by atoms with Crippen LogP contribution in [0.4, 0.5) is 5.69 Å². The summed E-state index contributed by atoms with van der Waals surface area (Å²) < 4.78 is 30.0. The number of hydrogen-bond donors (Lipinski definition) is 1. The van der Waals surface area contributed by atoms with Crippen molar-refractivity contribution < 1.29 is 13.2 Å². The fourth-order valence-electron chi connectivity index (χ4n) is 6.22. The number of rotatable bonds is 8. The van der Waals surface area contributed by atoms with Crippen molar-refractivity contribution in [3.8, 4) is 0 Å². The van der Waals surface area contributed by atoms with E-state index in [1.165, 1.54) is 43.2 Å². The lowest BCUT2D eigenvalue weighted by Gasteiger charge is -2.46. The SMILES string of the molecule is CS(=O)(=O)C1CN(c2ccccc2CNCC[C@@]2(c3ccccn3)CCOC3(CCCC3)C2)C1. The molecule has 34 heavy (non-hydrogen) atoms. The average Bonchev–Trinajstić information content (AvgIpc) is 3.23. The normalized spacial score (nSPS) is 24.9. The van der Waals surface area contributed by atoms with Gasteiger partial charge in [0.2, 0.25) is 0 Å². The van der Waals surface area contributed by atoms with Crippen molar-refractivity contribution >= 4 is 15.5 Å². The van der Waals surface area contributed by atoms with Gasteiger partial charge in [-0.2, -0.15) is 0 Å². The van der Waals surface area contributed by atoms with Crippen molar-refractivity contribution in [1.29, 1.82) is 0 Å². The highest BCUT2D eigenvalue weighted by molar-refractivity contribution is 7.91. The van der Waals surface area contributed by atoms with Crippen LogP contribution in [0.3, 0.4) is 0 Å². The van der Waals surface area contributed by atoms with Crippen LogP contribution < -0.4 is 10.2 Å². The Hall–Kier alpha value is -1.96. The number of ether oxygens (including phenoxy) is 1. The first-order valence-corrected chi connectivity index (χ1v) is 14.6. The number of sulfone groups is 1. The number of nitrogens with one attached hydrogen (secondary N) is 1. The highest BCUT2D eigenvalue weighted by Crippen LogP contribution is 2.49. The molecule has 0 amide bonds. The number of para-hydroxylation sites is 1.